The lowest BCUT2D eigenvalue weighted by molar-refractivity contribution is -0.137. The third-order valence-electron chi connectivity index (χ3n) is 5.98. The lowest BCUT2D eigenvalue weighted by Gasteiger charge is -2.16. The van der Waals surface area contributed by atoms with Crippen LogP contribution in [0.5, 0.6) is 5.75 Å². The maximum Gasteiger partial charge on any atom is 0.416 e. The fourth-order valence-corrected chi connectivity index (χ4v) is 4.56. The Labute approximate surface area is 220 Å². The van der Waals surface area contributed by atoms with Gasteiger partial charge in [-0.15, -0.1) is 0 Å². The lowest BCUT2D eigenvalue weighted by Crippen LogP contribution is -2.24. The van der Waals surface area contributed by atoms with Gasteiger partial charge in [-0.2, -0.15) is 13.2 Å². The van der Waals surface area contributed by atoms with Gasteiger partial charge in [-0.3, -0.25) is 4.79 Å². The first-order chi connectivity index (χ1) is 17.3. The van der Waals surface area contributed by atoms with Gasteiger partial charge in [0.05, 0.1) is 16.6 Å². The third-order valence-corrected chi connectivity index (χ3v) is 6.57. The van der Waals surface area contributed by atoms with Gasteiger partial charge in [0, 0.05) is 17.7 Å². The predicted molar refractivity (Wildman–Crippen MR) is 141 cm³/mol. The molecule has 8 heteroatoms. The minimum atomic E-state index is -4.44. The molecule has 2 N–H and O–H groups in total. The summed E-state index contributed by atoms with van der Waals surface area (Å²) in [4.78, 5) is 12.8. The molecule has 0 aliphatic heterocycles. The summed E-state index contributed by atoms with van der Waals surface area (Å²) in [6, 6.07) is 7.92. The van der Waals surface area contributed by atoms with Crippen LogP contribution < -0.4 is 10.1 Å². The van der Waals surface area contributed by atoms with Crippen LogP contribution in [-0.4, -0.2) is 30.8 Å². The van der Waals surface area contributed by atoms with Crippen molar-refractivity contribution >= 4 is 21.8 Å². The molecule has 0 saturated heterocycles. The molecule has 0 spiro atoms. The minimum Gasteiger partial charge on any atom is -0.489 e. The summed E-state index contributed by atoms with van der Waals surface area (Å²) in [5, 5.41) is 12.1. The van der Waals surface area contributed by atoms with Crippen molar-refractivity contribution in [2.45, 2.75) is 77.3 Å². The molecule has 0 atom stereocenters. The monoisotopic (exact) mass is 571 g/mol. The zero-order valence-electron chi connectivity index (χ0n) is 20.9. The Bertz CT molecular complexity index is 933. The molecule has 2 rings (SSSR count). The van der Waals surface area contributed by atoms with Crippen molar-refractivity contribution in [3.05, 3.63) is 52.0 Å². The fourth-order valence-electron chi connectivity index (χ4n) is 3.99. The highest BCUT2D eigenvalue weighted by Gasteiger charge is 2.30. The second-order valence-electron chi connectivity index (χ2n) is 8.92. The van der Waals surface area contributed by atoms with Crippen molar-refractivity contribution in [3.63, 3.8) is 0 Å². The van der Waals surface area contributed by atoms with Crippen LogP contribution >= 0.6 is 15.9 Å². The summed E-state index contributed by atoms with van der Waals surface area (Å²) in [6.07, 6.45) is 7.68. The molecule has 2 aromatic carbocycles. The molecule has 200 valence electrons. The maximum absolute atomic E-state index is 13.0. The molecule has 0 radical (unpaired) electrons. The minimum absolute atomic E-state index is 0.0104. The van der Waals surface area contributed by atoms with Crippen molar-refractivity contribution in [1.29, 1.82) is 0 Å². The van der Waals surface area contributed by atoms with E-state index >= 15 is 0 Å². The summed E-state index contributed by atoms with van der Waals surface area (Å²) in [7, 11) is 0. The van der Waals surface area contributed by atoms with Crippen LogP contribution in [0.25, 0.3) is 11.1 Å². The number of rotatable bonds is 16. The zero-order valence-corrected chi connectivity index (χ0v) is 22.5. The number of unbranched alkanes of at least 4 members (excludes halogenated alkanes) is 9. The number of alkyl halides is 3. The highest BCUT2D eigenvalue weighted by atomic mass is 79.9. The smallest absolute Gasteiger partial charge is 0.416 e. The van der Waals surface area contributed by atoms with Crippen molar-refractivity contribution < 1.29 is 27.8 Å². The first-order valence-electron chi connectivity index (χ1n) is 12.8. The Hall–Kier alpha value is -2.06. The average molecular weight is 573 g/mol. The van der Waals surface area contributed by atoms with E-state index in [0.29, 0.717) is 33.5 Å². The number of amides is 1. The summed E-state index contributed by atoms with van der Waals surface area (Å²) < 4.78 is 45.1. The molecule has 0 heterocycles. The molecule has 4 nitrogen and oxygen atoms in total. The highest BCUT2D eigenvalue weighted by Crippen LogP contribution is 2.39. The molecule has 1 amide bonds. The number of aliphatic hydroxyl groups excluding tert-OH is 1. The van der Waals surface area contributed by atoms with Crippen LogP contribution in [-0.2, 0) is 6.18 Å². The summed E-state index contributed by atoms with van der Waals surface area (Å²) in [6.45, 7) is 2.57. The molecule has 0 bridgehead atoms. The molecular weight excluding hydrogens is 535 g/mol. The van der Waals surface area contributed by atoms with Crippen molar-refractivity contribution in [1.82, 2.24) is 5.32 Å². The number of halogens is 4. The molecule has 0 saturated carbocycles. The van der Waals surface area contributed by atoms with E-state index in [9.17, 15) is 18.0 Å². The largest absolute Gasteiger partial charge is 0.489 e. The van der Waals surface area contributed by atoms with E-state index in [-0.39, 0.29) is 19.1 Å². The third kappa shape index (κ3) is 10.1. The number of nitrogens with one attached hydrogen (secondary N) is 1. The Morgan fingerprint density at radius 2 is 1.53 bits per heavy atom. The highest BCUT2D eigenvalue weighted by molar-refractivity contribution is 9.10. The predicted octanol–water partition coefficient (Wildman–Crippen LogP) is 8.16. The summed E-state index contributed by atoms with van der Waals surface area (Å²) in [5.74, 6) is 0.101. The normalized spacial score (nSPS) is 11.5. The first-order valence-corrected chi connectivity index (χ1v) is 13.6. The van der Waals surface area contributed by atoms with E-state index in [4.69, 9.17) is 9.84 Å². The quantitative estimate of drug-likeness (QED) is 0.200. The number of hydrogen-bond donors (Lipinski definition) is 2. The molecule has 0 aromatic heterocycles. The van der Waals surface area contributed by atoms with E-state index in [1.807, 2.05) is 0 Å². The average Bonchev–Trinajstić information content (AvgIpc) is 2.85. The van der Waals surface area contributed by atoms with Gasteiger partial charge in [0.15, 0.2) is 0 Å². The second kappa shape index (κ2) is 15.9. The van der Waals surface area contributed by atoms with E-state index in [0.717, 1.165) is 31.4 Å². The fraction of sp³-hybridized carbons (Fsp3) is 0.536. The zero-order chi connectivity index (χ0) is 26.4. The van der Waals surface area contributed by atoms with Crippen molar-refractivity contribution in [2.24, 2.45) is 0 Å². The number of carbonyl (C=O) groups excluding carboxylic acids is 1. The van der Waals surface area contributed by atoms with E-state index in [2.05, 4.69) is 28.2 Å². The van der Waals surface area contributed by atoms with Crippen LogP contribution in [0, 0.1) is 0 Å². The number of benzene rings is 2. The topological polar surface area (TPSA) is 58.6 Å². The van der Waals surface area contributed by atoms with Crippen LogP contribution in [0.15, 0.2) is 40.9 Å². The lowest BCUT2D eigenvalue weighted by atomic mass is 10.00. The van der Waals surface area contributed by atoms with Gasteiger partial charge in [0.25, 0.3) is 5.91 Å². The van der Waals surface area contributed by atoms with Gasteiger partial charge in [0.2, 0.25) is 0 Å². The number of aliphatic hydroxyl groups is 1. The van der Waals surface area contributed by atoms with E-state index in [1.54, 1.807) is 12.1 Å². The van der Waals surface area contributed by atoms with Gasteiger partial charge >= 0.3 is 6.18 Å². The second-order valence-corrected chi connectivity index (χ2v) is 9.77. The molecule has 36 heavy (non-hydrogen) atoms. The van der Waals surface area contributed by atoms with Crippen LogP contribution in [0.2, 0.25) is 0 Å². The first kappa shape index (κ1) is 30.2. The van der Waals surface area contributed by atoms with Gasteiger partial charge in [-0.25, -0.2) is 0 Å². The SMILES string of the molecule is CCCCCCCCCCCCNC(=O)c1cc(Br)c(OCCO)c(-c2ccc(C(F)(F)F)cc2)c1. The van der Waals surface area contributed by atoms with E-state index < -0.39 is 11.7 Å². The molecule has 0 fully saturated rings. The Balaban J connectivity index is 1.96. The molecular formula is C28H37BrF3NO3. The number of carbonyl (C=O) groups is 1. The van der Waals surface area contributed by atoms with Gasteiger partial charge in [0.1, 0.15) is 12.4 Å². The molecule has 0 aliphatic carbocycles. The van der Waals surface area contributed by atoms with Gasteiger partial charge in [-0.1, -0.05) is 76.8 Å². The Kier molecular flexibility index (Phi) is 13.3. The Morgan fingerprint density at radius 1 is 0.944 bits per heavy atom. The standard InChI is InChI=1S/C28H37BrF3NO3/c1-2-3-4-5-6-7-8-9-10-11-16-33-27(35)22-19-24(26(25(29)20-22)36-18-17-34)21-12-14-23(15-13-21)28(30,31)32/h12-15,19-20,34H,2-11,16-18H2,1H3,(H,33,35). The maximum atomic E-state index is 13.0. The summed E-state index contributed by atoms with van der Waals surface area (Å²) in [5.41, 5.74) is 0.561. The van der Waals surface area contributed by atoms with Crippen LogP contribution in [0.4, 0.5) is 13.2 Å². The summed E-state index contributed by atoms with van der Waals surface area (Å²) >= 11 is 3.41. The van der Waals surface area contributed by atoms with Crippen LogP contribution in [0.3, 0.4) is 0 Å². The van der Waals surface area contributed by atoms with E-state index in [1.165, 1.54) is 57.1 Å². The molecule has 0 unspecified atom stereocenters. The molecule has 2 aromatic rings. The number of hydrogen-bond acceptors (Lipinski definition) is 3. The number of ether oxygens (including phenoxy) is 1. The van der Waals surface area contributed by atoms with Crippen molar-refractivity contribution in [2.75, 3.05) is 19.8 Å². The van der Waals surface area contributed by atoms with Gasteiger partial charge < -0.3 is 15.2 Å². The Morgan fingerprint density at radius 3 is 2.08 bits per heavy atom. The van der Waals surface area contributed by atoms with Crippen LogP contribution in [0.1, 0.15) is 87.1 Å². The van der Waals surface area contributed by atoms with Crippen molar-refractivity contribution in [3.8, 4) is 16.9 Å². The van der Waals surface area contributed by atoms with Gasteiger partial charge in [-0.05, 0) is 52.2 Å². The molecule has 0 aliphatic rings.